The van der Waals surface area contributed by atoms with Crippen molar-refractivity contribution in [2.24, 2.45) is 0 Å². The van der Waals surface area contributed by atoms with Gasteiger partial charge in [-0.25, -0.2) is 4.79 Å². The summed E-state index contributed by atoms with van der Waals surface area (Å²) in [6, 6.07) is 8.00. The average Bonchev–Trinajstić information content (AvgIpc) is 2.61. The van der Waals surface area contributed by atoms with E-state index in [2.05, 4.69) is 6.58 Å². The molecule has 2 rings (SSSR count). The number of carbonyl (C=O) groups excluding carboxylic acids is 1. The van der Waals surface area contributed by atoms with Crippen LogP contribution in [0.25, 0.3) is 0 Å². The second-order valence-electron chi connectivity index (χ2n) is 3.18. The summed E-state index contributed by atoms with van der Waals surface area (Å²) < 4.78 is 4.71. The highest BCUT2D eigenvalue weighted by Gasteiger charge is 2.23. The van der Waals surface area contributed by atoms with Crippen LogP contribution in [-0.4, -0.2) is 11.0 Å². The molecule has 3 heteroatoms. The van der Waals surface area contributed by atoms with E-state index < -0.39 is 0 Å². The lowest BCUT2D eigenvalue weighted by Crippen LogP contribution is -2.24. The Morgan fingerprint density at radius 2 is 1.93 bits per heavy atom. The average molecular weight is 189 g/mol. The van der Waals surface area contributed by atoms with Gasteiger partial charge in [0.05, 0.1) is 6.26 Å². The fourth-order valence-corrected chi connectivity index (χ4v) is 1.61. The maximum Gasteiger partial charge on any atom is 0.415 e. The number of ether oxygens (including phenoxy) is 1. The molecule has 0 saturated carbocycles. The second kappa shape index (κ2) is 3.54. The van der Waals surface area contributed by atoms with Crippen LogP contribution in [0.4, 0.5) is 4.79 Å². The lowest BCUT2D eigenvalue weighted by Gasteiger charge is -2.12. The highest BCUT2D eigenvalue weighted by atomic mass is 16.5. The van der Waals surface area contributed by atoms with Crippen molar-refractivity contribution in [3.8, 4) is 0 Å². The molecular weight excluding hydrogens is 178 g/mol. The van der Waals surface area contributed by atoms with E-state index in [4.69, 9.17) is 4.74 Å². The van der Waals surface area contributed by atoms with Crippen LogP contribution in [0, 0.1) is 0 Å². The first-order chi connectivity index (χ1) is 6.81. The van der Waals surface area contributed by atoms with Gasteiger partial charge in [-0.05, 0) is 11.1 Å². The van der Waals surface area contributed by atoms with Crippen molar-refractivity contribution in [3.63, 3.8) is 0 Å². The maximum atomic E-state index is 11.3. The number of hydrogen-bond donors (Lipinski definition) is 0. The van der Waals surface area contributed by atoms with Gasteiger partial charge in [0.15, 0.2) is 0 Å². The highest BCUT2D eigenvalue weighted by molar-refractivity contribution is 5.69. The molecule has 14 heavy (non-hydrogen) atoms. The van der Waals surface area contributed by atoms with E-state index in [9.17, 15) is 4.79 Å². The molecule has 1 aromatic rings. The largest absolute Gasteiger partial charge is 0.419 e. The summed E-state index contributed by atoms with van der Waals surface area (Å²) >= 11 is 0. The normalized spacial score (nSPS) is 13.6. The molecule has 1 aliphatic heterocycles. The van der Waals surface area contributed by atoms with Crippen molar-refractivity contribution in [2.45, 2.75) is 13.1 Å². The van der Waals surface area contributed by atoms with Gasteiger partial charge in [0.1, 0.15) is 0 Å². The van der Waals surface area contributed by atoms with E-state index in [0.29, 0.717) is 13.1 Å². The number of carbonyl (C=O) groups is 1. The number of rotatable bonds is 1. The zero-order chi connectivity index (χ0) is 9.97. The molecule has 0 radical (unpaired) electrons. The lowest BCUT2D eigenvalue weighted by atomic mass is 10.1. The molecule has 1 aliphatic rings. The Balaban J connectivity index is 2.11. The predicted molar refractivity (Wildman–Crippen MR) is 52.4 cm³/mol. The minimum absolute atomic E-state index is 0.337. The standard InChI is InChI=1S/C11H11NO2/c1-2-14-11(13)12-7-9-5-3-4-6-10(9)8-12/h2-6H,1,7-8H2. The monoisotopic (exact) mass is 189 g/mol. The second-order valence-corrected chi connectivity index (χ2v) is 3.18. The molecule has 0 spiro atoms. The van der Waals surface area contributed by atoms with Crippen molar-refractivity contribution < 1.29 is 9.53 Å². The molecule has 0 bridgehead atoms. The molecule has 1 amide bonds. The van der Waals surface area contributed by atoms with Crippen molar-refractivity contribution >= 4 is 6.09 Å². The number of hydrogen-bond acceptors (Lipinski definition) is 2. The van der Waals surface area contributed by atoms with E-state index in [0.717, 1.165) is 6.26 Å². The Morgan fingerprint density at radius 1 is 1.36 bits per heavy atom. The fourth-order valence-electron chi connectivity index (χ4n) is 1.61. The summed E-state index contributed by atoms with van der Waals surface area (Å²) in [5, 5.41) is 0. The van der Waals surface area contributed by atoms with Gasteiger partial charge in [0.25, 0.3) is 0 Å². The van der Waals surface area contributed by atoms with E-state index in [1.54, 1.807) is 4.90 Å². The summed E-state index contributed by atoms with van der Waals surface area (Å²) in [6.45, 7) is 4.61. The van der Waals surface area contributed by atoms with Gasteiger partial charge in [0, 0.05) is 13.1 Å². The molecule has 3 nitrogen and oxygen atoms in total. The van der Waals surface area contributed by atoms with Crippen molar-refractivity contribution in [1.29, 1.82) is 0 Å². The van der Waals surface area contributed by atoms with Gasteiger partial charge in [-0.1, -0.05) is 30.8 Å². The third kappa shape index (κ3) is 1.48. The maximum absolute atomic E-state index is 11.3. The van der Waals surface area contributed by atoms with Crippen LogP contribution in [0.5, 0.6) is 0 Å². The van der Waals surface area contributed by atoms with Crippen LogP contribution in [0.2, 0.25) is 0 Å². The van der Waals surface area contributed by atoms with Gasteiger partial charge in [-0.2, -0.15) is 0 Å². The highest BCUT2D eigenvalue weighted by Crippen LogP contribution is 2.22. The summed E-state index contributed by atoms with van der Waals surface area (Å²) in [5.74, 6) is 0. The van der Waals surface area contributed by atoms with Gasteiger partial charge < -0.3 is 4.74 Å². The molecular formula is C11H11NO2. The molecule has 72 valence electrons. The molecule has 0 aromatic heterocycles. The van der Waals surface area contributed by atoms with Gasteiger partial charge in [-0.3, -0.25) is 4.90 Å². The first-order valence-electron chi connectivity index (χ1n) is 4.44. The number of nitrogens with zero attached hydrogens (tertiary/aromatic N) is 1. The molecule has 1 aromatic carbocycles. The van der Waals surface area contributed by atoms with Crippen LogP contribution < -0.4 is 0 Å². The minimum atomic E-state index is -0.337. The van der Waals surface area contributed by atoms with E-state index in [-0.39, 0.29) is 6.09 Å². The fraction of sp³-hybridized carbons (Fsp3) is 0.182. The third-order valence-corrected chi connectivity index (χ3v) is 2.28. The lowest BCUT2D eigenvalue weighted by molar-refractivity contribution is 0.137. The minimum Gasteiger partial charge on any atom is -0.419 e. The first kappa shape index (κ1) is 8.81. The topological polar surface area (TPSA) is 29.5 Å². The molecule has 0 unspecified atom stereocenters. The van der Waals surface area contributed by atoms with Crippen LogP contribution in [0.1, 0.15) is 11.1 Å². The van der Waals surface area contributed by atoms with E-state index in [1.807, 2.05) is 24.3 Å². The molecule has 0 saturated heterocycles. The predicted octanol–water partition coefficient (Wildman–Crippen LogP) is 2.28. The first-order valence-corrected chi connectivity index (χ1v) is 4.44. The molecule has 0 N–H and O–H groups in total. The Kier molecular flexibility index (Phi) is 2.23. The molecule has 0 atom stereocenters. The Labute approximate surface area is 82.6 Å². The van der Waals surface area contributed by atoms with E-state index in [1.165, 1.54) is 11.1 Å². The Bertz CT molecular complexity index is 348. The number of fused-ring (bicyclic) bond motifs is 1. The van der Waals surface area contributed by atoms with Crippen molar-refractivity contribution in [3.05, 3.63) is 48.2 Å². The van der Waals surface area contributed by atoms with Crippen LogP contribution >= 0.6 is 0 Å². The van der Waals surface area contributed by atoms with Crippen LogP contribution in [-0.2, 0) is 17.8 Å². The summed E-state index contributed by atoms with van der Waals surface area (Å²) in [4.78, 5) is 13.0. The summed E-state index contributed by atoms with van der Waals surface area (Å²) in [7, 11) is 0. The van der Waals surface area contributed by atoms with Gasteiger partial charge in [0.2, 0.25) is 0 Å². The summed E-state index contributed by atoms with van der Waals surface area (Å²) in [6.07, 6.45) is 0.821. The number of amides is 1. The smallest absolute Gasteiger partial charge is 0.415 e. The van der Waals surface area contributed by atoms with Gasteiger partial charge in [-0.15, -0.1) is 0 Å². The van der Waals surface area contributed by atoms with Crippen molar-refractivity contribution in [2.75, 3.05) is 0 Å². The van der Waals surface area contributed by atoms with E-state index >= 15 is 0 Å². The zero-order valence-corrected chi connectivity index (χ0v) is 7.77. The Morgan fingerprint density at radius 3 is 2.43 bits per heavy atom. The SMILES string of the molecule is C=COC(=O)N1Cc2ccccc2C1. The summed E-state index contributed by atoms with van der Waals surface area (Å²) in [5.41, 5.74) is 2.38. The Hall–Kier alpha value is -1.77. The molecule has 0 aliphatic carbocycles. The van der Waals surface area contributed by atoms with Crippen LogP contribution in [0.3, 0.4) is 0 Å². The van der Waals surface area contributed by atoms with Crippen LogP contribution in [0.15, 0.2) is 37.1 Å². The quantitative estimate of drug-likeness (QED) is 0.634. The number of benzene rings is 1. The zero-order valence-electron chi connectivity index (χ0n) is 7.77. The third-order valence-electron chi connectivity index (χ3n) is 2.28. The van der Waals surface area contributed by atoms with Gasteiger partial charge >= 0.3 is 6.09 Å². The molecule has 0 fully saturated rings. The van der Waals surface area contributed by atoms with Crippen molar-refractivity contribution in [1.82, 2.24) is 4.90 Å². The molecule has 1 heterocycles.